The van der Waals surface area contributed by atoms with Gasteiger partial charge in [-0.05, 0) is 41.3 Å². The van der Waals surface area contributed by atoms with E-state index in [4.69, 9.17) is 4.74 Å². The maximum atomic E-state index is 12.3. The van der Waals surface area contributed by atoms with Gasteiger partial charge in [0.1, 0.15) is 5.75 Å². The van der Waals surface area contributed by atoms with Crippen LogP contribution < -0.4 is 10.1 Å². The maximum absolute atomic E-state index is 12.3. The summed E-state index contributed by atoms with van der Waals surface area (Å²) in [5.41, 5.74) is 1.05. The third-order valence-electron chi connectivity index (χ3n) is 3.45. The second-order valence-electron chi connectivity index (χ2n) is 5.17. The van der Waals surface area contributed by atoms with E-state index in [2.05, 4.69) is 21.2 Å². The number of halogens is 1. The van der Waals surface area contributed by atoms with Gasteiger partial charge in [-0.15, -0.1) is 11.3 Å². The van der Waals surface area contributed by atoms with Crippen LogP contribution in [0.5, 0.6) is 5.75 Å². The number of thiophene rings is 1. The number of carbonyl (C=O) groups is 1. The fraction of sp³-hybridized carbons (Fsp3) is 0.105. The number of amides is 1. The lowest BCUT2D eigenvalue weighted by Crippen LogP contribution is -2.32. The number of hydrogen-bond donors (Lipinski definition) is 1. The van der Waals surface area contributed by atoms with Crippen LogP contribution in [0.1, 0.15) is 16.5 Å². The predicted octanol–water partition coefficient (Wildman–Crippen LogP) is 4.80. The third kappa shape index (κ3) is 4.46. The van der Waals surface area contributed by atoms with Gasteiger partial charge in [-0.1, -0.05) is 52.3 Å². The molecule has 0 saturated carbocycles. The molecule has 1 aromatic heterocycles. The summed E-state index contributed by atoms with van der Waals surface area (Å²) in [6.07, 6.45) is 0. The van der Waals surface area contributed by atoms with E-state index in [9.17, 15) is 4.79 Å². The minimum Gasteiger partial charge on any atom is -0.484 e. The second-order valence-corrected chi connectivity index (χ2v) is 7.06. The first-order valence-electron chi connectivity index (χ1n) is 7.48. The molecule has 0 aliphatic carbocycles. The van der Waals surface area contributed by atoms with Crippen LogP contribution in [0.25, 0.3) is 0 Å². The molecule has 0 spiro atoms. The van der Waals surface area contributed by atoms with E-state index in [-0.39, 0.29) is 18.6 Å². The maximum Gasteiger partial charge on any atom is 0.258 e. The molecule has 122 valence electrons. The third-order valence-corrected chi connectivity index (χ3v) is 4.92. The SMILES string of the molecule is O=C(COc1ccc(Br)cc1)NC(c1ccccc1)c1cccs1. The average molecular weight is 402 g/mol. The largest absolute Gasteiger partial charge is 0.484 e. The fourth-order valence-electron chi connectivity index (χ4n) is 2.30. The van der Waals surface area contributed by atoms with Crippen LogP contribution in [-0.4, -0.2) is 12.5 Å². The highest BCUT2D eigenvalue weighted by Crippen LogP contribution is 2.25. The smallest absolute Gasteiger partial charge is 0.258 e. The summed E-state index contributed by atoms with van der Waals surface area (Å²) in [7, 11) is 0. The molecule has 24 heavy (non-hydrogen) atoms. The molecule has 2 aromatic carbocycles. The summed E-state index contributed by atoms with van der Waals surface area (Å²) < 4.78 is 6.52. The molecule has 0 aliphatic heterocycles. The Morgan fingerprint density at radius 2 is 1.79 bits per heavy atom. The Hall–Kier alpha value is -2.11. The van der Waals surface area contributed by atoms with E-state index in [1.165, 1.54) is 0 Å². The van der Waals surface area contributed by atoms with Crippen molar-refractivity contribution >= 4 is 33.2 Å². The molecule has 3 nitrogen and oxygen atoms in total. The highest BCUT2D eigenvalue weighted by Gasteiger charge is 2.17. The van der Waals surface area contributed by atoms with Crippen molar-refractivity contribution < 1.29 is 9.53 Å². The van der Waals surface area contributed by atoms with Crippen molar-refractivity contribution in [2.24, 2.45) is 0 Å². The zero-order chi connectivity index (χ0) is 16.8. The fourth-order valence-corrected chi connectivity index (χ4v) is 3.37. The van der Waals surface area contributed by atoms with Crippen LogP contribution in [0.15, 0.2) is 76.6 Å². The van der Waals surface area contributed by atoms with Gasteiger partial charge in [-0.3, -0.25) is 4.79 Å². The first-order valence-corrected chi connectivity index (χ1v) is 9.16. The summed E-state index contributed by atoms with van der Waals surface area (Å²) in [5.74, 6) is 0.515. The van der Waals surface area contributed by atoms with Crippen molar-refractivity contribution in [1.29, 1.82) is 0 Å². The van der Waals surface area contributed by atoms with Crippen molar-refractivity contribution in [1.82, 2.24) is 5.32 Å². The van der Waals surface area contributed by atoms with Crippen molar-refractivity contribution in [3.05, 3.63) is 87.0 Å². The lowest BCUT2D eigenvalue weighted by molar-refractivity contribution is -0.123. The van der Waals surface area contributed by atoms with E-state index >= 15 is 0 Å². The average Bonchev–Trinajstić information content (AvgIpc) is 3.14. The van der Waals surface area contributed by atoms with Crippen LogP contribution in [0.4, 0.5) is 0 Å². The molecule has 0 saturated heterocycles. The van der Waals surface area contributed by atoms with Gasteiger partial charge in [0.15, 0.2) is 6.61 Å². The standard InChI is InChI=1S/C19H16BrNO2S/c20-15-8-10-16(11-9-15)23-13-18(22)21-19(17-7-4-12-24-17)14-5-2-1-3-6-14/h1-12,19H,13H2,(H,21,22). The molecule has 3 rings (SSSR count). The highest BCUT2D eigenvalue weighted by atomic mass is 79.9. The lowest BCUT2D eigenvalue weighted by atomic mass is 10.1. The van der Waals surface area contributed by atoms with Gasteiger partial charge in [0.2, 0.25) is 0 Å². The van der Waals surface area contributed by atoms with Crippen molar-refractivity contribution in [3.63, 3.8) is 0 Å². The van der Waals surface area contributed by atoms with E-state index in [1.807, 2.05) is 72.1 Å². The van der Waals surface area contributed by atoms with Gasteiger partial charge in [-0.2, -0.15) is 0 Å². The van der Waals surface area contributed by atoms with Crippen LogP contribution >= 0.6 is 27.3 Å². The van der Waals surface area contributed by atoms with Gasteiger partial charge in [-0.25, -0.2) is 0 Å². The normalized spacial score (nSPS) is 11.7. The van der Waals surface area contributed by atoms with E-state index in [0.717, 1.165) is 14.9 Å². The molecule has 0 radical (unpaired) electrons. The number of hydrogen-bond acceptors (Lipinski definition) is 3. The Morgan fingerprint density at radius 1 is 1.04 bits per heavy atom. The molecule has 1 amide bonds. The number of carbonyl (C=O) groups excluding carboxylic acids is 1. The molecule has 0 bridgehead atoms. The summed E-state index contributed by atoms with van der Waals surface area (Å²) in [5, 5.41) is 5.06. The Labute approximate surface area is 153 Å². The Bertz CT molecular complexity index is 773. The monoisotopic (exact) mass is 401 g/mol. The molecule has 0 fully saturated rings. The van der Waals surface area contributed by atoms with E-state index < -0.39 is 0 Å². The summed E-state index contributed by atoms with van der Waals surface area (Å²) >= 11 is 5.00. The molecule has 1 unspecified atom stereocenters. The molecule has 1 N–H and O–H groups in total. The quantitative estimate of drug-likeness (QED) is 0.644. The highest BCUT2D eigenvalue weighted by molar-refractivity contribution is 9.10. The molecular weight excluding hydrogens is 386 g/mol. The van der Waals surface area contributed by atoms with E-state index in [0.29, 0.717) is 5.75 Å². The molecule has 1 atom stereocenters. The van der Waals surface area contributed by atoms with Gasteiger partial charge in [0.25, 0.3) is 5.91 Å². The second kappa shape index (κ2) is 8.13. The van der Waals surface area contributed by atoms with Crippen LogP contribution in [-0.2, 0) is 4.79 Å². The predicted molar refractivity (Wildman–Crippen MR) is 100 cm³/mol. The van der Waals surface area contributed by atoms with Gasteiger partial charge < -0.3 is 10.1 Å². The zero-order valence-corrected chi connectivity index (χ0v) is 15.2. The Kier molecular flexibility index (Phi) is 5.67. The first kappa shape index (κ1) is 16.7. The number of benzene rings is 2. The van der Waals surface area contributed by atoms with Crippen LogP contribution in [0.2, 0.25) is 0 Å². The topological polar surface area (TPSA) is 38.3 Å². The van der Waals surface area contributed by atoms with Crippen molar-refractivity contribution in [2.45, 2.75) is 6.04 Å². The minimum atomic E-state index is -0.160. The summed E-state index contributed by atoms with van der Waals surface area (Å²) in [6, 6.07) is 21.2. The summed E-state index contributed by atoms with van der Waals surface area (Å²) in [6.45, 7) is -0.0175. The molecule has 5 heteroatoms. The van der Waals surface area contributed by atoms with Crippen molar-refractivity contribution in [2.75, 3.05) is 6.61 Å². The number of rotatable bonds is 6. The number of nitrogens with one attached hydrogen (secondary N) is 1. The Balaban J connectivity index is 1.66. The minimum absolute atomic E-state index is 0.0175. The first-order chi connectivity index (χ1) is 11.7. The molecular formula is C19H16BrNO2S. The molecule has 3 aromatic rings. The van der Waals surface area contributed by atoms with Gasteiger partial charge >= 0.3 is 0 Å². The van der Waals surface area contributed by atoms with Crippen LogP contribution in [0, 0.1) is 0 Å². The van der Waals surface area contributed by atoms with Crippen molar-refractivity contribution in [3.8, 4) is 5.75 Å². The number of ether oxygens (including phenoxy) is 1. The molecule has 1 heterocycles. The van der Waals surface area contributed by atoms with Crippen LogP contribution in [0.3, 0.4) is 0 Å². The summed E-state index contributed by atoms with van der Waals surface area (Å²) in [4.78, 5) is 13.4. The molecule has 0 aliphatic rings. The van der Waals surface area contributed by atoms with Gasteiger partial charge in [0.05, 0.1) is 6.04 Å². The van der Waals surface area contributed by atoms with E-state index in [1.54, 1.807) is 11.3 Å². The van der Waals surface area contributed by atoms with Gasteiger partial charge in [0, 0.05) is 9.35 Å². The lowest BCUT2D eigenvalue weighted by Gasteiger charge is -2.18. The zero-order valence-electron chi connectivity index (χ0n) is 12.8. The Morgan fingerprint density at radius 3 is 2.46 bits per heavy atom.